The quantitative estimate of drug-likeness (QED) is 0.202. The predicted molar refractivity (Wildman–Crippen MR) is 156 cm³/mol. The number of nitrogens with one attached hydrogen (secondary N) is 2. The van der Waals surface area contributed by atoms with Gasteiger partial charge in [0.05, 0.1) is 27.2 Å². The molecular formula is C29H24ClFN6O2S. The molecule has 40 heavy (non-hydrogen) atoms. The van der Waals surface area contributed by atoms with Gasteiger partial charge in [0, 0.05) is 56.0 Å². The lowest BCUT2D eigenvalue weighted by Gasteiger charge is -2.29. The lowest BCUT2D eigenvalue weighted by Crippen LogP contribution is -2.43. The minimum atomic E-state index is -0.661. The predicted octanol–water partition coefficient (Wildman–Crippen LogP) is 5.79. The third-order valence-electron chi connectivity index (χ3n) is 6.68. The zero-order chi connectivity index (χ0) is 26.9. The van der Waals surface area contributed by atoms with E-state index in [0.717, 1.165) is 54.1 Å². The molecule has 5 aromatic rings. The fraction of sp³-hybridized carbons (Fsp3) is 0.172. The van der Waals surface area contributed by atoms with Crippen molar-refractivity contribution in [1.82, 2.24) is 20.5 Å². The van der Waals surface area contributed by atoms with Crippen molar-refractivity contribution < 1.29 is 13.9 Å². The number of thiophene rings is 1. The number of aromatic nitrogens is 3. The second-order valence-electron chi connectivity index (χ2n) is 9.12. The smallest absolute Gasteiger partial charge is 0.308 e. The van der Waals surface area contributed by atoms with E-state index >= 15 is 4.39 Å². The minimum absolute atomic E-state index is 0. The van der Waals surface area contributed by atoms with Crippen LogP contribution >= 0.6 is 23.7 Å². The zero-order valence-electron chi connectivity index (χ0n) is 21.4. The molecule has 1 saturated heterocycles. The summed E-state index contributed by atoms with van der Waals surface area (Å²) in [5, 5.41) is 24.0. The number of hydrogen-bond acceptors (Lipinski definition) is 8. The molecular weight excluding hydrogens is 551 g/mol. The normalized spacial score (nSPS) is 13.1. The SMILES string of the molecule is CC(=O)Oc1ccc(-c2nc3n[nH]c(-c4cccs4)c3c(-c3ccc(N4CCNCC4)cc3)c2C#N)c(F)c1.Cl. The maximum Gasteiger partial charge on any atom is 0.308 e. The molecule has 1 fully saturated rings. The van der Waals surface area contributed by atoms with E-state index in [9.17, 15) is 10.1 Å². The Morgan fingerprint density at radius 1 is 1.15 bits per heavy atom. The number of fused-ring (bicyclic) bond motifs is 1. The molecule has 8 nitrogen and oxygen atoms in total. The van der Waals surface area contributed by atoms with Crippen LogP contribution < -0.4 is 15.0 Å². The molecule has 1 aliphatic heterocycles. The summed E-state index contributed by atoms with van der Waals surface area (Å²) in [5.74, 6) is -1.14. The van der Waals surface area contributed by atoms with E-state index < -0.39 is 11.8 Å². The van der Waals surface area contributed by atoms with Crippen molar-refractivity contribution in [2.45, 2.75) is 6.92 Å². The zero-order valence-corrected chi connectivity index (χ0v) is 23.0. The third kappa shape index (κ3) is 5.02. The van der Waals surface area contributed by atoms with Crippen molar-refractivity contribution in [2.75, 3.05) is 31.1 Å². The molecule has 0 saturated carbocycles. The van der Waals surface area contributed by atoms with Gasteiger partial charge in [-0.2, -0.15) is 10.4 Å². The average Bonchev–Trinajstić information content (AvgIpc) is 3.63. The van der Waals surface area contributed by atoms with Gasteiger partial charge < -0.3 is 15.0 Å². The number of H-pyrrole nitrogens is 1. The number of halogens is 2. The number of rotatable bonds is 5. The Morgan fingerprint density at radius 2 is 1.93 bits per heavy atom. The highest BCUT2D eigenvalue weighted by molar-refractivity contribution is 7.13. The average molecular weight is 575 g/mol. The lowest BCUT2D eigenvalue weighted by molar-refractivity contribution is -0.131. The van der Waals surface area contributed by atoms with Gasteiger partial charge in [-0.3, -0.25) is 9.89 Å². The summed E-state index contributed by atoms with van der Waals surface area (Å²) < 4.78 is 20.4. The van der Waals surface area contributed by atoms with Gasteiger partial charge in [-0.1, -0.05) is 18.2 Å². The first kappa shape index (κ1) is 27.3. The Morgan fingerprint density at radius 3 is 2.58 bits per heavy atom. The Kier molecular flexibility index (Phi) is 7.80. The van der Waals surface area contributed by atoms with Gasteiger partial charge in [0.2, 0.25) is 0 Å². The van der Waals surface area contributed by atoms with E-state index in [1.165, 1.54) is 19.1 Å². The highest BCUT2D eigenvalue weighted by Crippen LogP contribution is 2.42. The van der Waals surface area contributed by atoms with E-state index in [2.05, 4.69) is 31.5 Å². The van der Waals surface area contributed by atoms with Gasteiger partial charge in [0.1, 0.15) is 17.6 Å². The van der Waals surface area contributed by atoms with Crippen LogP contribution in [0.15, 0.2) is 60.0 Å². The van der Waals surface area contributed by atoms with Gasteiger partial charge >= 0.3 is 5.97 Å². The first-order valence-electron chi connectivity index (χ1n) is 12.4. The topological polar surface area (TPSA) is 107 Å². The van der Waals surface area contributed by atoms with Gasteiger partial charge in [-0.25, -0.2) is 9.37 Å². The van der Waals surface area contributed by atoms with Crippen LogP contribution in [-0.4, -0.2) is 47.3 Å². The van der Waals surface area contributed by atoms with Gasteiger partial charge in [-0.05, 0) is 41.3 Å². The van der Waals surface area contributed by atoms with Crippen LogP contribution in [0.4, 0.5) is 10.1 Å². The molecule has 1 aliphatic rings. The lowest BCUT2D eigenvalue weighted by atomic mass is 9.92. The second kappa shape index (κ2) is 11.4. The first-order valence-corrected chi connectivity index (χ1v) is 13.3. The van der Waals surface area contributed by atoms with Crippen LogP contribution in [0.25, 0.3) is 44.0 Å². The van der Waals surface area contributed by atoms with E-state index in [0.29, 0.717) is 16.6 Å². The van der Waals surface area contributed by atoms with Gasteiger partial charge in [0.15, 0.2) is 5.65 Å². The number of carbonyl (C=O) groups is 1. The monoisotopic (exact) mass is 574 g/mol. The molecule has 2 N–H and O–H groups in total. The van der Waals surface area contributed by atoms with Crippen molar-refractivity contribution in [2.24, 2.45) is 0 Å². The van der Waals surface area contributed by atoms with Gasteiger partial charge in [-0.15, -0.1) is 23.7 Å². The summed E-state index contributed by atoms with van der Waals surface area (Å²) in [5.41, 5.74) is 4.17. The maximum atomic E-state index is 15.3. The number of pyridine rings is 1. The van der Waals surface area contributed by atoms with Crippen LogP contribution in [0.2, 0.25) is 0 Å². The largest absolute Gasteiger partial charge is 0.427 e. The highest BCUT2D eigenvalue weighted by atomic mass is 35.5. The number of carbonyl (C=O) groups excluding carboxylic acids is 1. The van der Waals surface area contributed by atoms with Crippen LogP contribution in [0.1, 0.15) is 12.5 Å². The summed E-state index contributed by atoms with van der Waals surface area (Å²) in [6, 6.07) is 18.4. The van der Waals surface area contributed by atoms with Crippen LogP contribution in [0, 0.1) is 17.1 Å². The Labute approximate surface area is 239 Å². The molecule has 202 valence electrons. The highest BCUT2D eigenvalue weighted by Gasteiger charge is 2.25. The number of aromatic amines is 1. The van der Waals surface area contributed by atoms with Crippen LogP contribution in [0.5, 0.6) is 5.75 Å². The second-order valence-corrected chi connectivity index (χ2v) is 10.1. The number of esters is 1. The molecule has 0 unspecified atom stereocenters. The van der Waals surface area contributed by atoms with E-state index in [4.69, 9.17) is 4.74 Å². The van der Waals surface area contributed by atoms with Gasteiger partial charge in [0.25, 0.3) is 0 Å². The van der Waals surface area contributed by atoms with Crippen LogP contribution in [-0.2, 0) is 4.79 Å². The number of anilines is 1. The van der Waals surface area contributed by atoms with Crippen molar-refractivity contribution in [3.63, 3.8) is 0 Å². The third-order valence-corrected chi connectivity index (χ3v) is 7.56. The fourth-order valence-electron chi connectivity index (χ4n) is 4.93. The molecule has 0 spiro atoms. The van der Waals surface area contributed by atoms with Crippen molar-refractivity contribution in [3.8, 4) is 44.8 Å². The van der Waals surface area contributed by atoms with E-state index in [1.54, 1.807) is 11.3 Å². The number of benzene rings is 2. The molecule has 0 aliphatic carbocycles. The number of nitriles is 1. The van der Waals surface area contributed by atoms with Crippen molar-refractivity contribution in [1.29, 1.82) is 5.26 Å². The van der Waals surface area contributed by atoms with Crippen molar-refractivity contribution in [3.05, 3.63) is 71.4 Å². The molecule has 11 heteroatoms. The molecule has 0 bridgehead atoms. The van der Waals surface area contributed by atoms with Crippen molar-refractivity contribution >= 4 is 46.4 Å². The molecule has 0 atom stereocenters. The standard InChI is InChI=1S/C29H23FN6O2S.ClH/c1-17(37)38-20-8-9-21(23(30)15-20)27-22(16-31)25(18-4-6-19(7-5-18)36-12-10-32-11-13-36)26-28(24-3-2-14-39-24)34-35-29(26)33-27;/h2-9,14-15,32H,10-13H2,1H3,(H,33,34,35);1H. The Bertz CT molecular complexity index is 1720. The number of nitrogens with zero attached hydrogens (tertiary/aromatic N) is 4. The molecule has 0 radical (unpaired) electrons. The molecule has 6 rings (SSSR count). The summed E-state index contributed by atoms with van der Waals surface area (Å²) in [4.78, 5) is 19.3. The fourth-order valence-corrected chi connectivity index (χ4v) is 5.65. The summed E-state index contributed by atoms with van der Waals surface area (Å²) in [7, 11) is 0. The van der Waals surface area contributed by atoms with E-state index in [1.807, 2.05) is 41.8 Å². The Hall–Kier alpha value is -4.30. The summed E-state index contributed by atoms with van der Waals surface area (Å²) in [6.45, 7) is 4.93. The number of ether oxygens (including phenoxy) is 1. The van der Waals surface area contributed by atoms with E-state index in [-0.39, 0.29) is 35.0 Å². The van der Waals surface area contributed by atoms with Crippen LogP contribution in [0.3, 0.4) is 0 Å². The summed E-state index contributed by atoms with van der Waals surface area (Å²) >= 11 is 1.55. The number of hydrogen-bond donors (Lipinski definition) is 2. The molecule has 0 amide bonds. The molecule has 2 aromatic carbocycles. The summed E-state index contributed by atoms with van der Waals surface area (Å²) in [6.07, 6.45) is 0. The number of piperazine rings is 1. The maximum absolute atomic E-state index is 15.3. The molecule has 3 aromatic heterocycles. The molecule has 4 heterocycles. The Balaban J connectivity index is 0.00000323. The minimum Gasteiger partial charge on any atom is -0.427 e. The first-order chi connectivity index (χ1) is 19.0.